The fourth-order valence-corrected chi connectivity index (χ4v) is 4.34. The van der Waals surface area contributed by atoms with Crippen molar-refractivity contribution in [3.8, 4) is 17.4 Å². The first-order valence-electron chi connectivity index (χ1n) is 11.8. The van der Waals surface area contributed by atoms with Crippen molar-refractivity contribution in [2.45, 2.75) is 25.4 Å². The molecule has 1 unspecified atom stereocenters. The Morgan fingerprint density at radius 1 is 1.14 bits per heavy atom. The van der Waals surface area contributed by atoms with Crippen molar-refractivity contribution >= 4 is 29.2 Å². The molecule has 1 N–H and O–H groups in total. The Kier molecular flexibility index (Phi) is 7.06. The number of amides is 2. The van der Waals surface area contributed by atoms with Crippen LogP contribution in [-0.4, -0.2) is 63.9 Å². The Morgan fingerprint density at radius 2 is 1.94 bits per heavy atom. The zero-order valence-electron chi connectivity index (χ0n) is 19.8. The van der Waals surface area contributed by atoms with Crippen molar-refractivity contribution in [2.75, 3.05) is 31.6 Å². The van der Waals surface area contributed by atoms with Crippen molar-refractivity contribution in [3.05, 3.63) is 58.9 Å². The molecule has 0 spiro atoms. The lowest BCUT2D eigenvalue weighted by atomic mass is 10.1. The van der Waals surface area contributed by atoms with Crippen LogP contribution in [0.4, 0.5) is 5.82 Å². The van der Waals surface area contributed by atoms with Crippen LogP contribution in [0.2, 0.25) is 5.02 Å². The van der Waals surface area contributed by atoms with E-state index in [0.717, 1.165) is 32.4 Å². The molecule has 5 rings (SSSR count). The standard InChI is InChI=1S/C25H26ClN5O5/c1-30-8-4-22(29-30)28-23(32)16-10-19(35-18-5-9-34-15-18)13-20(11-16)36-24-21(26)12-17(14-27-24)25(33)31-6-2-3-7-31/h4,8,10-14,18H,2-3,5-7,9,15H2,1H3,(H,28,29,32). The molecule has 2 aliphatic heterocycles. The number of carbonyl (C=O) groups is 2. The molecule has 188 valence electrons. The van der Waals surface area contributed by atoms with Gasteiger partial charge in [-0.05, 0) is 31.0 Å². The number of carbonyl (C=O) groups excluding carboxylic acids is 2. The van der Waals surface area contributed by atoms with Gasteiger partial charge in [0.2, 0.25) is 5.88 Å². The third-order valence-electron chi connectivity index (χ3n) is 5.95. The number of hydrogen-bond acceptors (Lipinski definition) is 7. The third-order valence-corrected chi connectivity index (χ3v) is 6.22. The number of ether oxygens (including phenoxy) is 3. The summed E-state index contributed by atoms with van der Waals surface area (Å²) in [5, 5.41) is 7.13. The van der Waals surface area contributed by atoms with Gasteiger partial charge in [-0.15, -0.1) is 0 Å². The molecule has 2 aromatic heterocycles. The van der Waals surface area contributed by atoms with E-state index in [1.165, 1.54) is 6.20 Å². The molecule has 36 heavy (non-hydrogen) atoms. The van der Waals surface area contributed by atoms with Gasteiger partial charge in [-0.1, -0.05) is 11.6 Å². The number of likely N-dealkylation sites (tertiary alicyclic amines) is 1. The molecule has 2 amide bonds. The minimum atomic E-state index is -0.378. The van der Waals surface area contributed by atoms with Crippen molar-refractivity contribution in [1.82, 2.24) is 19.7 Å². The molecule has 0 radical (unpaired) electrons. The summed E-state index contributed by atoms with van der Waals surface area (Å²) in [7, 11) is 1.76. The second-order valence-corrected chi connectivity index (χ2v) is 9.14. The maximum atomic E-state index is 12.9. The van der Waals surface area contributed by atoms with E-state index in [-0.39, 0.29) is 28.8 Å². The summed E-state index contributed by atoms with van der Waals surface area (Å²) < 4.78 is 19.0. The second kappa shape index (κ2) is 10.5. The molecule has 1 atom stereocenters. The van der Waals surface area contributed by atoms with Crippen LogP contribution >= 0.6 is 11.6 Å². The highest BCUT2D eigenvalue weighted by molar-refractivity contribution is 6.32. The normalized spacial score (nSPS) is 17.3. The van der Waals surface area contributed by atoms with Crippen molar-refractivity contribution < 1.29 is 23.8 Å². The molecule has 11 heteroatoms. The highest BCUT2D eigenvalue weighted by Crippen LogP contribution is 2.32. The van der Waals surface area contributed by atoms with Crippen molar-refractivity contribution in [3.63, 3.8) is 0 Å². The molecule has 2 saturated heterocycles. The van der Waals surface area contributed by atoms with Gasteiger partial charge >= 0.3 is 0 Å². The number of hydrogen-bond donors (Lipinski definition) is 1. The monoisotopic (exact) mass is 511 g/mol. The SMILES string of the molecule is Cn1ccc(NC(=O)c2cc(Oc3ncc(C(=O)N4CCCC4)cc3Cl)cc(OC3CCOC3)c2)n1. The fourth-order valence-electron chi connectivity index (χ4n) is 4.13. The number of nitrogens with zero attached hydrogens (tertiary/aromatic N) is 4. The third kappa shape index (κ3) is 5.60. The van der Waals surface area contributed by atoms with E-state index in [1.807, 2.05) is 0 Å². The van der Waals surface area contributed by atoms with Crippen LogP contribution in [0.3, 0.4) is 0 Å². The molecule has 0 saturated carbocycles. The van der Waals surface area contributed by atoms with E-state index >= 15 is 0 Å². The molecular weight excluding hydrogens is 486 g/mol. The maximum absolute atomic E-state index is 12.9. The van der Waals surface area contributed by atoms with Crippen LogP contribution in [-0.2, 0) is 11.8 Å². The molecule has 3 aromatic rings. The minimum absolute atomic E-state index is 0.101. The molecule has 1 aromatic carbocycles. The topological polar surface area (TPSA) is 108 Å². The van der Waals surface area contributed by atoms with Crippen LogP contribution in [0.1, 0.15) is 40.0 Å². The predicted octanol–water partition coefficient (Wildman–Crippen LogP) is 3.92. The van der Waals surface area contributed by atoms with Gasteiger partial charge in [0, 0.05) is 56.6 Å². The first kappa shape index (κ1) is 24.1. The lowest BCUT2D eigenvalue weighted by molar-refractivity contribution is 0.0792. The van der Waals surface area contributed by atoms with E-state index < -0.39 is 0 Å². The zero-order chi connectivity index (χ0) is 25.1. The molecule has 0 bridgehead atoms. The maximum Gasteiger partial charge on any atom is 0.257 e. The quantitative estimate of drug-likeness (QED) is 0.512. The van der Waals surface area contributed by atoms with Crippen molar-refractivity contribution in [1.29, 1.82) is 0 Å². The van der Waals surface area contributed by atoms with Gasteiger partial charge in [0.15, 0.2) is 5.82 Å². The zero-order valence-corrected chi connectivity index (χ0v) is 20.5. The predicted molar refractivity (Wildman–Crippen MR) is 132 cm³/mol. The average molecular weight is 512 g/mol. The molecule has 0 aliphatic carbocycles. The van der Waals surface area contributed by atoms with Crippen LogP contribution in [0.15, 0.2) is 42.7 Å². The summed E-state index contributed by atoms with van der Waals surface area (Å²) in [4.78, 5) is 31.7. The van der Waals surface area contributed by atoms with Gasteiger partial charge in [0.05, 0.1) is 18.8 Å². The molecule has 10 nitrogen and oxygen atoms in total. The summed E-state index contributed by atoms with van der Waals surface area (Å²) in [5.41, 5.74) is 0.715. The van der Waals surface area contributed by atoms with E-state index in [9.17, 15) is 9.59 Å². The summed E-state index contributed by atoms with van der Waals surface area (Å²) in [5.74, 6) is 0.820. The van der Waals surface area contributed by atoms with Crippen LogP contribution < -0.4 is 14.8 Å². The summed E-state index contributed by atoms with van der Waals surface area (Å²) >= 11 is 6.42. The van der Waals surface area contributed by atoms with Crippen LogP contribution in [0, 0.1) is 0 Å². The van der Waals surface area contributed by atoms with Gasteiger partial charge < -0.3 is 24.4 Å². The van der Waals surface area contributed by atoms with Gasteiger partial charge in [-0.3, -0.25) is 14.3 Å². The van der Waals surface area contributed by atoms with E-state index in [1.54, 1.807) is 53.2 Å². The number of rotatable bonds is 7. The summed E-state index contributed by atoms with van der Waals surface area (Å²) in [6.45, 7) is 2.56. The van der Waals surface area contributed by atoms with E-state index in [2.05, 4.69) is 15.4 Å². The highest BCUT2D eigenvalue weighted by Gasteiger charge is 2.22. The Bertz CT molecular complexity index is 1270. The second-order valence-electron chi connectivity index (χ2n) is 8.74. The number of anilines is 1. The molecule has 2 fully saturated rings. The largest absolute Gasteiger partial charge is 0.488 e. The Labute approximate surface area is 213 Å². The molecule has 4 heterocycles. The summed E-state index contributed by atoms with van der Waals surface area (Å²) in [6, 6.07) is 8.11. The van der Waals surface area contributed by atoms with Crippen LogP contribution in [0.25, 0.3) is 0 Å². The van der Waals surface area contributed by atoms with Gasteiger partial charge in [0.1, 0.15) is 22.6 Å². The number of pyridine rings is 1. The minimum Gasteiger partial charge on any atom is -0.488 e. The van der Waals surface area contributed by atoms with Crippen molar-refractivity contribution in [2.24, 2.45) is 7.05 Å². The number of aryl methyl sites for hydroxylation is 1. The van der Waals surface area contributed by atoms with E-state index in [4.69, 9.17) is 25.8 Å². The lowest BCUT2D eigenvalue weighted by Gasteiger charge is -2.16. The smallest absolute Gasteiger partial charge is 0.257 e. The number of benzene rings is 1. The fraction of sp³-hybridized carbons (Fsp3) is 0.360. The van der Waals surface area contributed by atoms with Gasteiger partial charge in [-0.2, -0.15) is 5.10 Å². The van der Waals surface area contributed by atoms with Gasteiger partial charge in [0.25, 0.3) is 11.8 Å². The van der Waals surface area contributed by atoms with Gasteiger partial charge in [-0.25, -0.2) is 4.98 Å². The lowest BCUT2D eigenvalue weighted by Crippen LogP contribution is -2.27. The number of nitrogens with one attached hydrogen (secondary N) is 1. The highest BCUT2D eigenvalue weighted by atomic mass is 35.5. The average Bonchev–Trinajstić information content (AvgIpc) is 3.64. The summed E-state index contributed by atoms with van der Waals surface area (Å²) in [6.07, 6.45) is 5.80. The van der Waals surface area contributed by atoms with E-state index in [0.29, 0.717) is 41.7 Å². The number of halogens is 1. The first-order chi connectivity index (χ1) is 17.4. The molecule has 2 aliphatic rings. The number of aromatic nitrogens is 3. The Morgan fingerprint density at radius 3 is 2.64 bits per heavy atom. The Balaban J connectivity index is 1.38. The molecular formula is C25H26ClN5O5. The van der Waals surface area contributed by atoms with Crippen LogP contribution in [0.5, 0.6) is 17.4 Å². The first-order valence-corrected chi connectivity index (χ1v) is 12.2. The Hall–Kier alpha value is -3.63.